The van der Waals surface area contributed by atoms with Crippen molar-refractivity contribution in [1.29, 1.82) is 0 Å². The van der Waals surface area contributed by atoms with Gasteiger partial charge in [0, 0.05) is 19.2 Å². The molecule has 76 valence electrons. The molecule has 1 aliphatic rings. The van der Waals surface area contributed by atoms with Gasteiger partial charge in [0.05, 0.1) is 13.2 Å². The molecule has 2 N–H and O–H groups in total. The predicted octanol–water partition coefficient (Wildman–Crippen LogP) is -0.109. The lowest BCUT2D eigenvalue weighted by Crippen LogP contribution is -2.40. The molecule has 0 radical (unpaired) electrons. The molecule has 4 nitrogen and oxygen atoms in total. The second-order valence-corrected chi connectivity index (χ2v) is 3.78. The number of hydrogen-bond donors (Lipinski definition) is 2. The molecule has 0 heterocycles. The van der Waals surface area contributed by atoms with E-state index in [-0.39, 0.29) is 11.4 Å². The first kappa shape index (κ1) is 10.5. The number of ether oxygens (including phenoxy) is 1. The van der Waals surface area contributed by atoms with Gasteiger partial charge in [0.15, 0.2) is 0 Å². The second-order valence-electron chi connectivity index (χ2n) is 3.78. The van der Waals surface area contributed by atoms with Crippen LogP contribution in [0.3, 0.4) is 0 Å². The van der Waals surface area contributed by atoms with Crippen LogP contribution in [-0.4, -0.2) is 38.3 Å². The quantitative estimate of drug-likeness (QED) is 0.569. The monoisotopic (exact) mass is 186 g/mol. The van der Waals surface area contributed by atoms with Crippen LogP contribution in [0.15, 0.2) is 0 Å². The lowest BCUT2D eigenvalue weighted by molar-refractivity contribution is -0.121. The summed E-state index contributed by atoms with van der Waals surface area (Å²) in [6.45, 7) is 3.82. The summed E-state index contributed by atoms with van der Waals surface area (Å²) in [6.07, 6.45) is 2.22. The topological polar surface area (TPSA) is 50.4 Å². The fourth-order valence-corrected chi connectivity index (χ4v) is 1.07. The van der Waals surface area contributed by atoms with Gasteiger partial charge in [0.25, 0.3) is 0 Å². The first-order valence-corrected chi connectivity index (χ1v) is 4.67. The van der Waals surface area contributed by atoms with Gasteiger partial charge in [-0.15, -0.1) is 0 Å². The molecule has 0 aliphatic heterocycles. The van der Waals surface area contributed by atoms with Gasteiger partial charge in [-0.3, -0.25) is 4.79 Å². The van der Waals surface area contributed by atoms with Crippen LogP contribution >= 0.6 is 0 Å². The minimum Gasteiger partial charge on any atom is -0.383 e. The Morgan fingerprint density at radius 1 is 1.54 bits per heavy atom. The second kappa shape index (κ2) is 4.58. The van der Waals surface area contributed by atoms with Crippen LogP contribution in [0.5, 0.6) is 0 Å². The molecule has 1 saturated carbocycles. The summed E-state index contributed by atoms with van der Waals surface area (Å²) in [5.74, 6) is 0.0797. The zero-order chi connectivity index (χ0) is 9.73. The molecule has 0 aromatic heterocycles. The summed E-state index contributed by atoms with van der Waals surface area (Å²) in [6, 6.07) is 0. The fourth-order valence-electron chi connectivity index (χ4n) is 1.07. The van der Waals surface area contributed by atoms with Gasteiger partial charge in [0.1, 0.15) is 0 Å². The zero-order valence-corrected chi connectivity index (χ0v) is 8.35. The van der Waals surface area contributed by atoms with Crippen LogP contribution in [0.1, 0.15) is 19.8 Å². The largest absolute Gasteiger partial charge is 0.383 e. The summed E-state index contributed by atoms with van der Waals surface area (Å²) < 4.78 is 4.84. The lowest BCUT2D eigenvalue weighted by atomic mass is 10.3. The molecule has 4 heteroatoms. The smallest absolute Gasteiger partial charge is 0.234 e. The van der Waals surface area contributed by atoms with Crippen molar-refractivity contribution in [2.75, 3.05) is 26.8 Å². The minimum atomic E-state index is 0.0797. The number of methoxy groups -OCH3 is 1. The molecule has 1 fully saturated rings. The molecular formula is C9H18N2O2. The number of carbonyl (C=O) groups is 1. The zero-order valence-electron chi connectivity index (χ0n) is 8.35. The fraction of sp³-hybridized carbons (Fsp3) is 0.889. The predicted molar refractivity (Wildman–Crippen MR) is 50.5 cm³/mol. The number of rotatable bonds is 6. The SMILES string of the molecule is COCCNCC(=O)NC1(C)CC1. The van der Waals surface area contributed by atoms with Crippen molar-refractivity contribution in [2.24, 2.45) is 0 Å². The molecule has 1 amide bonds. The third-order valence-electron chi connectivity index (χ3n) is 2.21. The highest BCUT2D eigenvalue weighted by atomic mass is 16.5. The third kappa shape index (κ3) is 4.24. The Hall–Kier alpha value is -0.610. The van der Waals surface area contributed by atoms with Crippen molar-refractivity contribution in [1.82, 2.24) is 10.6 Å². The molecule has 0 aromatic rings. The van der Waals surface area contributed by atoms with E-state index in [4.69, 9.17) is 4.74 Å². The maximum Gasteiger partial charge on any atom is 0.234 e. The number of hydrogen-bond acceptors (Lipinski definition) is 3. The number of nitrogens with one attached hydrogen (secondary N) is 2. The van der Waals surface area contributed by atoms with Crippen LogP contribution in [0.4, 0.5) is 0 Å². The van der Waals surface area contributed by atoms with E-state index in [0.29, 0.717) is 13.2 Å². The van der Waals surface area contributed by atoms with Crippen molar-refractivity contribution in [3.63, 3.8) is 0 Å². The molecule has 0 atom stereocenters. The normalized spacial score (nSPS) is 18.3. The first-order chi connectivity index (χ1) is 6.16. The summed E-state index contributed by atoms with van der Waals surface area (Å²) in [4.78, 5) is 11.2. The molecule has 0 unspecified atom stereocenters. The van der Waals surface area contributed by atoms with Crippen LogP contribution in [-0.2, 0) is 9.53 Å². The van der Waals surface area contributed by atoms with E-state index in [1.54, 1.807) is 7.11 Å². The van der Waals surface area contributed by atoms with E-state index in [0.717, 1.165) is 19.4 Å². The van der Waals surface area contributed by atoms with E-state index >= 15 is 0 Å². The van der Waals surface area contributed by atoms with Gasteiger partial charge in [-0.2, -0.15) is 0 Å². The van der Waals surface area contributed by atoms with Crippen LogP contribution in [0, 0.1) is 0 Å². The molecular weight excluding hydrogens is 168 g/mol. The summed E-state index contributed by atoms with van der Waals surface area (Å²) in [7, 11) is 1.65. The Morgan fingerprint density at radius 3 is 2.77 bits per heavy atom. The summed E-state index contributed by atoms with van der Waals surface area (Å²) in [5.41, 5.74) is 0.0972. The van der Waals surface area contributed by atoms with Gasteiger partial charge in [0.2, 0.25) is 5.91 Å². The van der Waals surface area contributed by atoms with Crippen molar-refractivity contribution < 1.29 is 9.53 Å². The molecule has 13 heavy (non-hydrogen) atoms. The average Bonchev–Trinajstić information content (AvgIpc) is 2.77. The first-order valence-electron chi connectivity index (χ1n) is 4.67. The van der Waals surface area contributed by atoms with Crippen LogP contribution in [0.25, 0.3) is 0 Å². The number of amides is 1. The van der Waals surface area contributed by atoms with Gasteiger partial charge in [-0.1, -0.05) is 0 Å². The van der Waals surface area contributed by atoms with Crippen molar-refractivity contribution in [3.05, 3.63) is 0 Å². The Morgan fingerprint density at radius 2 is 2.23 bits per heavy atom. The molecule has 1 rings (SSSR count). The molecule has 0 bridgehead atoms. The Labute approximate surface area is 79.0 Å². The maximum absolute atomic E-state index is 11.2. The summed E-state index contributed by atoms with van der Waals surface area (Å²) >= 11 is 0. The molecule has 0 aromatic carbocycles. The Kier molecular flexibility index (Phi) is 3.69. The van der Waals surface area contributed by atoms with E-state index < -0.39 is 0 Å². The number of carbonyl (C=O) groups excluding carboxylic acids is 1. The van der Waals surface area contributed by atoms with Gasteiger partial charge in [-0.25, -0.2) is 0 Å². The average molecular weight is 186 g/mol. The highest BCUT2D eigenvalue weighted by Gasteiger charge is 2.38. The lowest BCUT2D eigenvalue weighted by Gasteiger charge is -2.11. The van der Waals surface area contributed by atoms with Crippen LogP contribution in [0.2, 0.25) is 0 Å². The van der Waals surface area contributed by atoms with Crippen molar-refractivity contribution in [3.8, 4) is 0 Å². The molecule has 1 aliphatic carbocycles. The highest BCUT2D eigenvalue weighted by Crippen LogP contribution is 2.33. The van der Waals surface area contributed by atoms with Crippen molar-refractivity contribution >= 4 is 5.91 Å². The van der Waals surface area contributed by atoms with Gasteiger partial charge >= 0.3 is 0 Å². The van der Waals surface area contributed by atoms with E-state index in [9.17, 15) is 4.79 Å². The van der Waals surface area contributed by atoms with E-state index in [1.807, 2.05) is 0 Å². The Balaban J connectivity index is 1.98. The Bertz CT molecular complexity index is 178. The minimum absolute atomic E-state index is 0.0797. The summed E-state index contributed by atoms with van der Waals surface area (Å²) in [5, 5.41) is 5.96. The maximum atomic E-state index is 11.2. The van der Waals surface area contributed by atoms with Gasteiger partial charge < -0.3 is 15.4 Å². The van der Waals surface area contributed by atoms with Crippen molar-refractivity contribution in [2.45, 2.75) is 25.3 Å². The molecule has 0 saturated heterocycles. The standard InChI is InChI=1S/C9H18N2O2/c1-9(3-4-9)11-8(12)7-10-5-6-13-2/h10H,3-7H2,1-2H3,(H,11,12). The van der Waals surface area contributed by atoms with Gasteiger partial charge in [-0.05, 0) is 19.8 Å². The van der Waals surface area contributed by atoms with Crippen LogP contribution < -0.4 is 10.6 Å². The van der Waals surface area contributed by atoms with E-state index in [1.165, 1.54) is 0 Å². The molecule has 0 spiro atoms. The third-order valence-corrected chi connectivity index (χ3v) is 2.21. The highest BCUT2D eigenvalue weighted by molar-refractivity contribution is 5.79. The van der Waals surface area contributed by atoms with E-state index in [2.05, 4.69) is 17.6 Å².